The first-order valence-electron chi connectivity index (χ1n) is 9.23. The first-order valence-corrected chi connectivity index (χ1v) is 9.23. The predicted octanol–water partition coefficient (Wildman–Crippen LogP) is 0.887. The third-order valence-electron chi connectivity index (χ3n) is 4.76. The van der Waals surface area contributed by atoms with Gasteiger partial charge in [-0.1, -0.05) is 12.1 Å². The smallest absolute Gasteiger partial charge is 0.260 e. The maximum atomic E-state index is 12.6. The van der Waals surface area contributed by atoms with Crippen LogP contribution >= 0.6 is 0 Å². The van der Waals surface area contributed by atoms with Crippen LogP contribution in [0, 0.1) is 0 Å². The van der Waals surface area contributed by atoms with Gasteiger partial charge in [-0.15, -0.1) is 0 Å². The van der Waals surface area contributed by atoms with E-state index in [2.05, 4.69) is 5.32 Å². The lowest BCUT2D eigenvalue weighted by Crippen LogP contribution is -2.47. The minimum Gasteiger partial charge on any atom is -0.493 e. The number of benzene rings is 1. The number of rotatable bonds is 8. The van der Waals surface area contributed by atoms with Crippen molar-refractivity contribution in [1.82, 2.24) is 15.1 Å². The average molecular weight is 361 g/mol. The maximum absolute atomic E-state index is 12.6. The van der Waals surface area contributed by atoms with E-state index in [1.165, 1.54) is 0 Å². The fraction of sp³-hybridized carbons (Fsp3) is 0.579. The van der Waals surface area contributed by atoms with E-state index >= 15 is 0 Å². The standard InChI is InChI=1S/C19H27N3O4/c1-25-16-4-2-3-5-17(16)26-14-19(24)22(15-6-7-15)11-8-18(23)21-12-9-20-10-13-21/h2-5,15,20H,6-14H2,1H3. The van der Waals surface area contributed by atoms with E-state index in [0.29, 0.717) is 24.5 Å². The largest absolute Gasteiger partial charge is 0.493 e. The van der Waals surface area contributed by atoms with Crippen LogP contribution in [0.15, 0.2) is 24.3 Å². The summed E-state index contributed by atoms with van der Waals surface area (Å²) in [5.74, 6) is 1.20. The molecule has 0 aromatic heterocycles. The number of piperazine rings is 1. The van der Waals surface area contributed by atoms with Gasteiger partial charge >= 0.3 is 0 Å². The molecule has 1 N–H and O–H groups in total. The third kappa shape index (κ3) is 4.88. The van der Waals surface area contributed by atoms with Crippen molar-refractivity contribution in [3.8, 4) is 11.5 Å². The second-order valence-corrected chi connectivity index (χ2v) is 6.64. The lowest BCUT2D eigenvalue weighted by molar-refractivity contribution is -0.136. The van der Waals surface area contributed by atoms with E-state index in [9.17, 15) is 9.59 Å². The van der Waals surface area contributed by atoms with E-state index in [1.807, 2.05) is 17.0 Å². The van der Waals surface area contributed by atoms with Crippen molar-refractivity contribution in [1.29, 1.82) is 0 Å². The monoisotopic (exact) mass is 361 g/mol. The molecule has 7 nitrogen and oxygen atoms in total. The molecule has 2 amide bonds. The van der Waals surface area contributed by atoms with Crippen LogP contribution in [0.2, 0.25) is 0 Å². The molecule has 2 fully saturated rings. The predicted molar refractivity (Wildman–Crippen MR) is 97.3 cm³/mol. The number of para-hydroxylation sites is 2. The normalized spacial score (nSPS) is 16.9. The van der Waals surface area contributed by atoms with Crippen LogP contribution in [0.4, 0.5) is 0 Å². The molecule has 1 aromatic rings. The lowest BCUT2D eigenvalue weighted by atomic mass is 10.2. The Morgan fingerprint density at radius 2 is 1.88 bits per heavy atom. The number of hydrogen-bond donors (Lipinski definition) is 1. The summed E-state index contributed by atoms with van der Waals surface area (Å²) in [6, 6.07) is 7.52. The number of amides is 2. The van der Waals surface area contributed by atoms with Crippen molar-refractivity contribution < 1.29 is 19.1 Å². The fourth-order valence-corrected chi connectivity index (χ4v) is 3.15. The van der Waals surface area contributed by atoms with Crippen LogP contribution in [-0.4, -0.2) is 74.1 Å². The van der Waals surface area contributed by atoms with Crippen LogP contribution in [-0.2, 0) is 9.59 Å². The molecule has 0 atom stereocenters. The van der Waals surface area contributed by atoms with Crippen molar-refractivity contribution in [3.63, 3.8) is 0 Å². The first kappa shape index (κ1) is 18.5. The molecular weight excluding hydrogens is 334 g/mol. The number of carbonyl (C=O) groups is 2. The fourth-order valence-electron chi connectivity index (χ4n) is 3.15. The highest BCUT2D eigenvalue weighted by Gasteiger charge is 2.33. The summed E-state index contributed by atoms with van der Waals surface area (Å²) in [6.07, 6.45) is 2.38. The Bertz CT molecular complexity index is 627. The highest BCUT2D eigenvalue weighted by molar-refractivity contribution is 5.80. The Balaban J connectivity index is 1.50. The van der Waals surface area contributed by atoms with Gasteiger partial charge in [-0.3, -0.25) is 9.59 Å². The van der Waals surface area contributed by atoms with Crippen LogP contribution in [0.5, 0.6) is 11.5 Å². The molecule has 2 aliphatic rings. The van der Waals surface area contributed by atoms with Gasteiger partial charge in [-0.25, -0.2) is 0 Å². The second-order valence-electron chi connectivity index (χ2n) is 6.64. The van der Waals surface area contributed by atoms with E-state index in [-0.39, 0.29) is 24.5 Å². The SMILES string of the molecule is COc1ccccc1OCC(=O)N(CCC(=O)N1CCNCC1)C1CC1. The molecule has 0 bridgehead atoms. The maximum Gasteiger partial charge on any atom is 0.260 e. The van der Waals surface area contributed by atoms with Gasteiger partial charge in [0.1, 0.15) is 0 Å². The number of ether oxygens (including phenoxy) is 2. The van der Waals surface area contributed by atoms with Crippen molar-refractivity contribution in [2.75, 3.05) is 46.4 Å². The van der Waals surface area contributed by atoms with E-state index in [4.69, 9.17) is 9.47 Å². The number of nitrogens with one attached hydrogen (secondary N) is 1. The zero-order valence-electron chi connectivity index (χ0n) is 15.3. The Kier molecular flexibility index (Phi) is 6.33. The van der Waals surface area contributed by atoms with Crippen LogP contribution in [0.1, 0.15) is 19.3 Å². The second kappa shape index (κ2) is 8.89. The van der Waals surface area contributed by atoms with Gasteiger partial charge in [0.05, 0.1) is 7.11 Å². The molecule has 7 heteroatoms. The molecule has 26 heavy (non-hydrogen) atoms. The summed E-state index contributed by atoms with van der Waals surface area (Å²) in [7, 11) is 1.57. The number of nitrogens with zero attached hydrogens (tertiary/aromatic N) is 2. The summed E-state index contributed by atoms with van der Waals surface area (Å²) < 4.78 is 10.9. The van der Waals surface area contributed by atoms with E-state index < -0.39 is 0 Å². The van der Waals surface area contributed by atoms with Crippen molar-refractivity contribution in [3.05, 3.63) is 24.3 Å². The number of carbonyl (C=O) groups excluding carboxylic acids is 2. The van der Waals surface area contributed by atoms with Crippen molar-refractivity contribution in [2.24, 2.45) is 0 Å². The Labute approximate surface area is 154 Å². The highest BCUT2D eigenvalue weighted by Crippen LogP contribution is 2.28. The molecule has 1 saturated heterocycles. The summed E-state index contributed by atoms with van der Waals surface area (Å²) in [5, 5.41) is 3.24. The molecule has 3 rings (SSSR count). The van der Waals surface area contributed by atoms with Gasteiger partial charge in [0, 0.05) is 45.2 Å². The zero-order valence-corrected chi connectivity index (χ0v) is 15.3. The molecule has 0 radical (unpaired) electrons. The van der Waals surface area contributed by atoms with Crippen LogP contribution in [0.25, 0.3) is 0 Å². The molecule has 0 spiro atoms. The Morgan fingerprint density at radius 1 is 1.19 bits per heavy atom. The van der Waals surface area contributed by atoms with Gasteiger partial charge in [0.25, 0.3) is 5.91 Å². The Hall–Kier alpha value is -2.28. The van der Waals surface area contributed by atoms with Gasteiger partial charge in [0.2, 0.25) is 5.91 Å². The first-order chi connectivity index (χ1) is 12.7. The van der Waals surface area contributed by atoms with E-state index in [0.717, 1.165) is 39.0 Å². The highest BCUT2D eigenvalue weighted by atomic mass is 16.5. The minimum absolute atomic E-state index is 0.0430. The topological polar surface area (TPSA) is 71.1 Å². The summed E-state index contributed by atoms with van der Waals surface area (Å²) in [4.78, 5) is 28.6. The van der Waals surface area contributed by atoms with E-state index in [1.54, 1.807) is 24.1 Å². The number of hydrogen-bond acceptors (Lipinski definition) is 5. The molecule has 1 saturated carbocycles. The molecule has 1 aromatic carbocycles. The summed E-state index contributed by atoms with van der Waals surface area (Å²) >= 11 is 0. The molecular formula is C19H27N3O4. The molecule has 1 aliphatic heterocycles. The molecule has 1 aliphatic carbocycles. The lowest BCUT2D eigenvalue weighted by Gasteiger charge is -2.29. The van der Waals surface area contributed by atoms with Crippen molar-refractivity contribution >= 4 is 11.8 Å². The van der Waals surface area contributed by atoms with Crippen LogP contribution < -0.4 is 14.8 Å². The quantitative estimate of drug-likeness (QED) is 0.745. The summed E-state index contributed by atoms with van der Waals surface area (Å²) in [6.45, 7) is 3.58. The molecule has 1 heterocycles. The van der Waals surface area contributed by atoms with Gasteiger partial charge < -0.3 is 24.6 Å². The van der Waals surface area contributed by atoms with Crippen molar-refractivity contribution in [2.45, 2.75) is 25.3 Å². The van der Waals surface area contributed by atoms with Crippen LogP contribution in [0.3, 0.4) is 0 Å². The third-order valence-corrected chi connectivity index (χ3v) is 4.76. The summed E-state index contributed by atoms with van der Waals surface area (Å²) in [5.41, 5.74) is 0. The number of methoxy groups -OCH3 is 1. The average Bonchev–Trinajstić information content (AvgIpc) is 3.52. The van der Waals surface area contributed by atoms with Gasteiger partial charge in [0.15, 0.2) is 18.1 Å². The van der Waals surface area contributed by atoms with Gasteiger partial charge in [-0.2, -0.15) is 0 Å². The van der Waals surface area contributed by atoms with Gasteiger partial charge in [-0.05, 0) is 25.0 Å². The zero-order chi connectivity index (χ0) is 18.4. The minimum atomic E-state index is -0.0773. The molecule has 142 valence electrons. The molecule has 0 unspecified atom stereocenters. The Morgan fingerprint density at radius 3 is 2.54 bits per heavy atom.